The van der Waals surface area contributed by atoms with E-state index in [-0.39, 0.29) is 18.4 Å². The number of hydrogen-bond acceptors (Lipinski definition) is 4. The summed E-state index contributed by atoms with van der Waals surface area (Å²) >= 11 is 0. The van der Waals surface area contributed by atoms with Gasteiger partial charge in [-0.25, -0.2) is 4.79 Å². The fraction of sp³-hybridized carbons (Fsp3) is 0.438. The summed E-state index contributed by atoms with van der Waals surface area (Å²) in [7, 11) is 3.06. The van der Waals surface area contributed by atoms with Crippen molar-refractivity contribution >= 4 is 17.8 Å². The van der Waals surface area contributed by atoms with E-state index in [2.05, 4.69) is 10.6 Å². The van der Waals surface area contributed by atoms with E-state index in [0.717, 1.165) is 16.2 Å². The standard InChI is InChI=1S/C16H21N3O4/c1-16(9-8-11-4-6-12(23-3)7-5-11)14(21)19(15(22)18-16)10-13(20)17-2/h4-7H,8-10H2,1-3H3,(H,17,20)(H,18,22)/t16-/m1/s1. The van der Waals surface area contributed by atoms with E-state index < -0.39 is 11.6 Å². The number of benzene rings is 1. The van der Waals surface area contributed by atoms with Crippen molar-refractivity contribution in [2.75, 3.05) is 20.7 Å². The molecule has 0 aromatic heterocycles. The highest BCUT2D eigenvalue weighted by atomic mass is 16.5. The molecular formula is C16H21N3O4. The van der Waals surface area contributed by atoms with Crippen LogP contribution in [-0.4, -0.2) is 49.0 Å². The van der Waals surface area contributed by atoms with Crippen molar-refractivity contribution in [1.82, 2.24) is 15.5 Å². The third-order valence-electron chi connectivity index (χ3n) is 4.00. The lowest BCUT2D eigenvalue weighted by molar-refractivity contribution is -0.134. The maximum absolute atomic E-state index is 12.5. The molecular weight excluding hydrogens is 298 g/mol. The van der Waals surface area contributed by atoms with Gasteiger partial charge in [-0.15, -0.1) is 0 Å². The van der Waals surface area contributed by atoms with Crippen LogP contribution in [0.3, 0.4) is 0 Å². The summed E-state index contributed by atoms with van der Waals surface area (Å²) in [5, 5.41) is 5.09. The highest BCUT2D eigenvalue weighted by Crippen LogP contribution is 2.23. The van der Waals surface area contributed by atoms with E-state index in [0.29, 0.717) is 12.8 Å². The molecule has 0 unspecified atom stereocenters. The average Bonchev–Trinajstić information content (AvgIpc) is 2.77. The Bertz CT molecular complexity index is 614. The van der Waals surface area contributed by atoms with Gasteiger partial charge in [-0.05, 0) is 37.5 Å². The smallest absolute Gasteiger partial charge is 0.325 e. The number of amides is 4. The van der Waals surface area contributed by atoms with Gasteiger partial charge in [0.25, 0.3) is 5.91 Å². The number of urea groups is 1. The quantitative estimate of drug-likeness (QED) is 0.755. The molecule has 1 atom stereocenters. The van der Waals surface area contributed by atoms with Crippen LogP contribution in [0, 0.1) is 0 Å². The Morgan fingerprint density at radius 1 is 1.30 bits per heavy atom. The molecule has 0 radical (unpaired) electrons. The zero-order valence-electron chi connectivity index (χ0n) is 13.5. The van der Waals surface area contributed by atoms with Crippen molar-refractivity contribution in [2.45, 2.75) is 25.3 Å². The van der Waals surface area contributed by atoms with Crippen LogP contribution in [0.2, 0.25) is 0 Å². The number of methoxy groups -OCH3 is 1. The van der Waals surface area contributed by atoms with Crippen molar-refractivity contribution in [3.8, 4) is 5.75 Å². The Hall–Kier alpha value is -2.57. The van der Waals surface area contributed by atoms with Crippen molar-refractivity contribution in [1.29, 1.82) is 0 Å². The molecule has 0 aliphatic carbocycles. The van der Waals surface area contributed by atoms with Gasteiger partial charge in [0, 0.05) is 7.05 Å². The minimum absolute atomic E-state index is 0.265. The summed E-state index contributed by atoms with van der Waals surface area (Å²) in [6, 6.07) is 7.02. The molecule has 2 rings (SSSR count). The first-order valence-corrected chi connectivity index (χ1v) is 7.37. The zero-order chi connectivity index (χ0) is 17.0. The Kier molecular flexibility index (Phi) is 4.88. The molecule has 1 aromatic rings. The van der Waals surface area contributed by atoms with Gasteiger partial charge < -0.3 is 15.4 Å². The fourth-order valence-corrected chi connectivity index (χ4v) is 2.47. The average molecular weight is 319 g/mol. The van der Waals surface area contributed by atoms with Gasteiger partial charge >= 0.3 is 6.03 Å². The van der Waals surface area contributed by atoms with Gasteiger partial charge in [0.1, 0.15) is 17.8 Å². The summed E-state index contributed by atoms with van der Waals surface area (Å²) in [5.74, 6) is 0.00877. The second kappa shape index (κ2) is 6.68. The molecule has 1 aliphatic rings. The lowest BCUT2D eigenvalue weighted by atomic mass is 9.93. The topological polar surface area (TPSA) is 87.7 Å². The number of rotatable bonds is 6. The summed E-state index contributed by atoms with van der Waals surface area (Å²) in [4.78, 5) is 36.8. The van der Waals surface area contributed by atoms with Crippen molar-refractivity contribution in [3.63, 3.8) is 0 Å². The number of hydrogen-bond donors (Lipinski definition) is 2. The summed E-state index contributed by atoms with van der Waals surface area (Å²) in [6.45, 7) is 1.42. The summed E-state index contributed by atoms with van der Waals surface area (Å²) in [5.41, 5.74) is 0.0456. The Labute approximate surface area is 135 Å². The molecule has 7 nitrogen and oxygen atoms in total. The highest BCUT2D eigenvalue weighted by Gasteiger charge is 2.47. The summed E-state index contributed by atoms with van der Waals surface area (Å²) in [6.07, 6.45) is 1.08. The van der Waals surface area contributed by atoms with Crippen molar-refractivity contribution in [2.24, 2.45) is 0 Å². The predicted molar refractivity (Wildman–Crippen MR) is 84.0 cm³/mol. The molecule has 7 heteroatoms. The van der Waals surface area contributed by atoms with E-state index in [9.17, 15) is 14.4 Å². The molecule has 1 heterocycles. The number of nitrogens with one attached hydrogen (secondary N) is 2. The Balaban J connectivity index is 2.02. The molecule has 0 saturated carbocycles. The molecule has 2 N–H and O–H groups in total. The van der Waals surface area contributed by atoms with Crippen LogP contribution >= 0.6 is 0 Å². The minimum atomic E-state index is -0.995. The van der Waals surface area contributed by atoms with E-state index >= 15 is 0 Å². The van der Waals surface area contributed by atoms with Crippen LogP contribution in [0.5, 0.6) is 5.75 Å². The number of likely N-dealkylation sites (N-methyl/N-ethyl adjacent to an activating group) is 1. The molecule has 4 amide bonds. The monoisotopic (exact) mass is 319 g/mol. The normalized spacial score (nSPS) is 20.4. The van der Waals surface area contributed by atoms with Crippen LogP contribution in [0.25, 0.3) is 0 Å². The molecule has 0 spiro atoms. The first-order chi connectivity index (χ1) is 10.9. The highest BCUT2D eigenvalue weighted by molar-refractivity contribution is 6.08. The largest absolute Gasteiger partial charge is 0.497 e. The first-order valence-electron chi connectivity index (χ1n) is 7.37. The first kappa shape index (κ1) is 16.8. The van der Waals surface area contributed by atoms with Crippen LogP contribution in [-0.2, 0) is 16.0 Å². The number of carbonyl (C=O) groups excluding carboxylic acids is 3. The van der Waals surface area contributed by atoms with Gasteiger partial charge in [-0.3, -0.25) is 14.5 Å². The van der Waals surface area contributed by atoms with Crippen LogP contribution < -0.4 is 15.4 Å². The molecule has 1 aromatic carbocycles. The van der Waals surface area contributed by atoms with E-state index in [1.165, 1.54) is 7.05 Å². The van der Waals surface area contributed by atoms with Crippen LogP contribution in [0.4, 0.5) is 4.79 Å². The van der Waals surface area contributed by atoms with Gasteiger partial charge in [0.15, 0.2) is 0 Å². The van der Waals surface area contributed by atoms with E-state index in [4.69, 9.17) is 4.74 Å². The Morgan fingerprint density at radius 3 is 2.52 bits per heavy atom. The zero-order valence-corrected chi connectivity index (χ0v) is 13.5. The third-order valence-corrected chi connectivity index (χ3v) is 4.00. The van der Waals surface area contributed by atoms with Gasteiger partial charge in [-0.2, -0.15) is 0 Å². The summed E-state index contributed by atoms with van der Waals surface area (Å²) < 4.78 is 5.10. The number of ether oxygens (including phenoxy) is 1. The maximum atomic E-state index is 12.5. The molecule has 23 heavy (non-hydrogen) atoms. The van der Waals surface area contributed by atoms with Crippen LogP contribution in [0.15, 0.2) is 24.3 Å². The van der Waals surface area contributed by atoms with Gasteiger partial charge in [-0.1, -0.05) is 12.1 Å². The van der Waals surface area contributed by atoms with Gasteiger partial charge in [0.2, 0.25) is 5.91 Å². The predicted octanol–water partition coefficient (Wildman–Crippen LogP) is 0.684. The van der Waals surface area contributed by atoms with Crippen molar-refractivity contribution < 1.29 is 19.1 Å². The molecule has 0 bridgehead atoms. The van der Waals surface area contributed by atoms with Crippen LogP contribution in [0.1, 0.15) is 18.9 Å². The lowest BCUT2D eigenvalue weighted by Gasteiger charge is -2.21. The molecule has 1 aliphatic heterocycles. The molecule has 1 fully saturated rings. The molecule has 124 valence electrons. The maximum Gasteiger partial charge on any atom is 0.325 e. The van der Waals surface area contributed by atoms with E-state index in [1.54, 1.807) is 14.0 Å². The van der Waals surface area contributed by atoms with Crippen molar-refractivity contribution in [3.05, 3.63) is 29.8 Å². The minimum Gasteiger partial charge on any atom is -0.497 e. The number of aryl methyl sites for hydroxylation is 1. The fourth-order valence-electron chi connectivity index (χ4n) is 2.47. The number of imide groups is 1. The second-order valence-electron chi connectivity index (χ2n) is 5.67. The number of nitrogens with zero attached hydrogens (tertiary/aromatic N) is 1. The number of carbonyl (C=O) groups is 3. The third kappa shape index (κ3) is 3.61. The van der Waals surface area contributed by atoms with Gasteiger partial charge in [0.05, 0.1) is 7.11 Å². The second-order valence-corrected chi connectivity index (χ2v) is 5.67. The van der Waals surface area contributed by atoms with E-state index in [1.807, 2.05) is 24.3 Å². The molecule has 1 saturated heterocycles. The lowest BCUT2D eigenvalue weighted by Crippen LogP contribution is -2.45. The Morgan fingerprint density at radius 2 is 1.96 bits per heavy atom. The SMILES string of the molecule is CNC(=O)CN1C(=O)N[C@](C)(CCc2ccc(OC)cc2)C1=O.